The van der Waals surface area contributed by atoms with E-state index >= 15 is 0 Å². The summed E-state index contributed by atoms with van der Waals surface area (Å²) in [5, 5.41) is 2.91. The van der Waals surface area contributed by atoms with Gasteiger partial charge in [-0.2, -0.15) is 0 Å². The van der Waals surface area contributed by atoms with Crippen LogP contribution in [0.15, 0.2) is 48.5 Å². The van der Waals surface area contributed by atoms with Gasteiger partial charge in [-0.15, -0.1) is 0 Å². The number of likely N-dealkylation sites (tertiary alicyclic amines) is 1. The van der Waals surface area contributed by atoms with Gasteiger partial charge in [-0.25, -0.2) is 4.79 Å². The molecule has 1 aliphatic heterocycles. The summed E-state index contributed by atoms with van der Waals surface area (Å²) in [4.78, 5) is 25.4. The van der Waals surface area contributed by atoms with Gasteiger partial charge in [-0.05, 0) is 62.1 Å². The van der Waals surface area contributed by atoms with Crippen LogP contribution in [0, 0.1) is 0 Å². The number of benzene rings is 2. The van der Waals surface area contributed by atoms with Crippen molar-refractivity contribution in [2.24, 2.45) is 0 Å². The number of nitrogens with one attached hydrogen (secondary N) is 1. The molecule has 6 nitrogen and oxygen atoms in total. The Kier molecular flexibility index (Phi) is 13.7. The first-order chi connectivity index (χ1) is 17.5. The molecule has 0 aliphatic carbocycles. The van der Waals surface area contributed by atoms with Gasteiger partial charge in [0.25, 0.3) is 5.91 Å². The number of ether oxygens (including phenoxy) is 2. The summed E-state index contributed by atoms with van der Waals surface area (Å²) in [7, 11) is 2.24. The molecule has 1 amide bonds. The zero-order chi connectivity index (χ0) is 25.6. The van der Waals surface area contributed by atoms with Gasteiger partial charge >= 0.3 is 5.97 Å². The minimum atomic E-state index is -0.329. The van der Waals surface area contributed by atoms with Crippen LogP contribution in [0.1, 0.15) is 85.4 Å². The van der Waals surface area contributed by atoms with Gasteiger partial charge in [-0.3, -0.25) is 4.79 Å². The summed E-state index contributed by atoms with van der Waals surface area (Å²) in [6, 6.07) is 14.1. The quantitative estimate of drug-likeness (QED) is 0.213. The number of likely N-dealkylation sites (N-methyl/N-ethyl adjacent to an activating group) is 1. The minimum absolute atomic E-state index is 0. The second-order valence-corrected chi connectivity index (χ2v) is 10.1. The maximum atomic E-state index is 12.9. The molecule has 204 valence electrons. The van der Waals surface area contributed by atoms with Gasteiger partial charge in [0.05, 0.1) is 37.9 Å². The lowest BCUT2D eigenvalue weighted by atomic mass is 10.1. The minimum Gasteiger partial charge on any atom is -1.00 e. The Morgan fingerprint density at radius 1 is 0.865 bits per heavy atom. The average molecular weight is 576 g/mol. The smallest absolute Gasteiger partial charge is 0.338 e. The number of para-hydroxylation sites is 1. The van der Waals surface area contributed by atoms with Crippen LogP contribution in [-0.2, 0) is 4.74 Å². The topological polar surface area (TPSA) is 64.6 Å². The van der Waals surface area contributed by atoms with Crippen molar-refractivity contribution >= 4 is 17.6 Å². The van der Waals surface area contributed by atoms with E-state index in [2.05, 4.69) is 19.3 Å². The van der Waals surface area contributed by atoms with Crippen molar-refractivity contribution in [3.8, 4) is 5.75 Å². The second-order valence-electron chi connectivity index (χ2n) is 10.1. The van der Waals surface area contributed by atoms with Crippen LogP contribution < -0.4 is 27.0 Å². The Labute approximate surface area is 233 Å². The fraction of sp³-hybridized carbons (Fsp3) is 0.533. The molecule has 1 saturated heterocycles. The highest BCUT2D eigenvalue weighted by Gasteiger charge is 2.24. The van der Waals surface area contributed by atoms with Gasteiger partial charge in [0.2, 0.25) is 0 Å². The van der Waals surface area contributed by atoms with E-state index < -0.39 is 0 Å². The van der Waals surface area contributed by atoms with Crippen molar-refractivity contribution in [2.45, 2.75) is 64.7 Å². The molecule has 0 spiro atoms. The highest BCUT2D eigenvalue weighted by atomic mass is 79.9. The maximum Gasteiger partial charge on any atom is 0.338 e. The number of halogens is 1. The number of hydrogen-bond acceptors (Lipinski definition) is 4. The fourth-order valence-electron chi connectivity index (χ4n) is 4.67. The first-order valence-corrected chi connectivity index (χ1v) is 13.6. The van der Waals surface area contributed by atoms with Crippen molar-refractivity contribution < 1.29 is 40.5 Å². The number of quaternary nitrogens is 1. The number of anilines is 1. The number of unbranched alkanes of at least 4 members (excludes halogenated alkanes) is 5. The Bertz CT molecular complexity index is 958. The monoisotopic (exact) mass is 574 g/mol. The molecule has 1 heterocycles. The third-order valence-corrected chi connectivity index (χ3v) is 7.03. The lowest BCUT2D eigenvalue weighted by Crippen LogP contribution is -3.00. The number of esters is 1. The zero-order valence-corrected chi connectivity index (χ0v) is 24.1. The molecule has 7 heteroatoms. The van der Waals surface area contributed by atoms with Crippen LogP contribution in [0.5, 0.6) is 5.75 Å². The summed E-state index contributed by atoms with van der Waals surface area (Å²) in [5.41, 5.74) is 1.60. The number of nitrogens with zero attached hydrogens (tertiary/aromatic N) is 1. The van der Waals surface area contributed by atoms with Crippen LogP contribution in [0.4, 0.5) is 5.69 Å². The van der Waals surface area contributed by atoms with Gasteiger partial charge in [0.15, 0.2) is 0 Å². The van der Waals surface area contributed by atoms with E-state index in [1.165, 1.54) is 44.9 Å². The number of rotatable bonds is 14. The predicted octanol–water partition coefficient (Wildman–Crippen LogP) is 3.47. The van der Waals surface area contributed by atoms with Crippen molar-refractivity contribution in [1.82, 2.24) is 0 Å². The molecular formula is C30H43BrN2O4. The second kappa shape index (κ2) is 16.5. The van der Waals surface area contributed by atoms with E-state index in [0.29, 0.717) is 35.8 Å². The number of amides is 1. The number of carbonyl (C=O) groups is 2. The third kappa shape index (κ3) is 10.5. The largest absolute Gasteiger partial charge is 1.00 e. The highest BCUT2D eigenvalue weighted by Crippen LogP contribution is 2.21. The lowest BCUT2D eigenvalue weighted by Gasteiger charge is -2.37. The van der Waals surface area contributed by atoms with E-state index in [1.54, 1.807) is 30.3 Å². The molecule has 2 aromatic rings. The molecule has 3 rings (SSSR count). The van der Waals surface area contributed by atoms with Crippen LogP contribution in [-0.4, -0.2) is 56.3 Å². The Morgan fingerprint density at radius 2 is 1.54 bits per heavy atom. The Hall–Kier alpha value is -2.38. The third-order valence-electron chi connectivity index (χ3n) is 7.03. The van der Waals surface area contributed by atoms with E-state index in [9.17, 15) is 9.59 Å². The Balaban J connectivity index is 0.00000481. The Morgan fingerprint density at radius 3 is 2.27 bits per heavy atom. The first kappa shape index (κ1) is 30.8. The highest BCUT2D eigenvalue weighted by molar-refractivity contribution is 6.06. The number of piperidine rings is 1. The van der Waals surface area contributed by atoms with Gasteiger partial charge in [0, 0.05) is 5.69 Å². The molecule has 0 unspecified atom stereocenters. The molecular weight excluding hydrogens is 532 g/mol. The molecule has 0 radical (unpaired) electrons. The summed E-state index contributed by atoms with van der Waals surface area (Å²) in [6.45, 7) is 6.39. The van der Waals surface area contributed by atoms with Crippen LogP contribution >= 0.6 is 0 Å². The van der Waals surface area contributed by atoms with Crippen molar-refractivity contribution in [3.63, 3.8) is 0 Å². The van der Waals surface area contributed by atoms with Crippen molar-refractivity contribution in [2.75, 3.05) is 45.2 Å². The first-order valence-electron chi connectivity index (χ1n) is 13.6. The van der Waals surface area contributed by atoms with Gasteiger partial charge < -0.3 is 36.3 Å². The molecule has 0 saturated carbocycles. The van der Waals surface area contributed by atoms with Crippen LogP contribution in [0.3, 0.4) is 0 Å². The predicted molar refractivity (Wildman–Crippen MR) is 145 cm³/mol. The lowest BCUT2D eigenvalue weighted by molar-refractivity contribution is -0.914. The van der Waals surface area contributed by atoms with Crippen molar-refractivity contribution in [1.29, 1.82) is 0 Å². The molecule has 0 aromatic heterocycles. The molecule has 1 aliphatic rings. The van der Waals surface area contributed by atoms with E-state index in [1.807, 2.05) is 18.2 Å². The summed E-state index contributed by atoms with van der Waals surface area (Å²) in [6.07, 6.45) is 10.9. The summed E-state index contributed by atoms with van der Waals surface area (Å²) in [5.74, 6) is 0.0288. The van der Waals surface area contributed by atoms with Crippen LogP contribution in [0.25, 0.3) is 0 Å². The molecule has 2 aromatic carbocycles. The SMILES string of the molecule is CCCCCCCCOc1ccccc1C(=O)Nc1ccc(C(=O)OCC[N+]2(C)CCCCC2)cc1.[Br-]. The van der Waals surface area contributed by atoms with Crippen LogP contribution in [0.2, 0.25) is 0 Å². The molecule has 1 fully saturated rings. The summed E-state index contributed by atoms with van der Waals surface area (Å²) >= 11 is 0. The zero-order valence-electron chi connectivity index (χ0n) is 22.5. The van der Waals surface area contributed by atoms with Gasteiger partial charge in [-0.1, -0.05) is 51.2 Å². The van der Waals surface area contributed by atoms with Gasteiger partial charge in [0.1, 0.15) is 18.9 Å². The molecule has 1 N–H and O–H groups in total. The van der Waals surface area contributed by atoms with Crippen molar-refractivity contribution in [3.05, 3.63) is 59.7 Å². The number of carbonyl (C=O) groups excluding carboxylic acids is 2. The standard InChI is InChI=1S/C30H42N2O4.BrH/c1-3-4-5-6-7-13-23-35-28-15-10-9-14-27(28)29(33)31-26-18-16-25(17-19-26)30(34)36-24-22-32(2)20-11-8-12-21-32;/h9-10,14-19H,3-8,11-13,20-24H2,1-2H3;1H. The van der Waals surface area contributed by atoms with E-state index in [-0.39, 0.29) is 28.9 Å². The number of hydrogen-bond donors (Lipinski definition) is 1. The van der Waals surface area contributed by atoms with E-state index in [0.717, 1.165) is 37.0 Å². The molecule has 37 heavy (non-hydrogen) atoms. The summed E-state index contributed by atoms with van der Waals surface area (Å²) < 4.78 is 12.4. The fourth-order valence-corrected chi connectivity index (χ4v) is 4.67. The molecule has 0 atom stereocenters. The average Bonchev–Trinajstić information content (AvgIpc) is 2.89. The normalized spacial score (nSPS) is 14.3. The maximum absolute atomic E-state index is 12.9. The molecule has 0 bridgehead atoms. The van der Waals surface area contributed by atoms with E-state index in [4.69, 9.17) is 9.47 Å².